The molecule has 8 nitrogen and oxygen atoms in total. The van der Waals surface area contributed by atoms with Gasteiger partial charge in [-0.3, -0.25) is 14.3 Å². The van der Waals surface area contributed by atoms with Gasteiger partial charge in [0.2, 0.25) is 5.91 Å². The lowest BCUT2D eigenvalue weighted by atomic mass is 10.2. The zero-order valence-electron chi connectivity index (χ0n) is 18.6. The van der Waals surface area contributed by atoms with E-state index in [2.05, 4.69) is 39.2 Å². The molecule has 0 saturated heterocycles. The highest BCUT2D eigenvalue weighted by molar-refractivity contribution is 7.99. The third-order valence-corrected chi connectivity index (χ3v) is 6.08. The molecular weight excluding hydrogens is 436 g/mol. The number of pyridine rings is 1. The molecule has 0 aliphatic heterocycles. The standard InChI is InChI=1S/C24H26N6O2S/c1-3-29(4-2)19-12-10-18(11-13-19)26-22(31)17-33-24-28-27-23(21-9-5-6-14-25-21)30(24)16-20-8-7-15-32-20/h5-15H,3-4,16-17H2,1-2H3,(H,26,31). The summed E-state index contributed by atoms with van der Waals surface area (Å²) in [7, 11) is 0. The van der Waals surface area contributed by atoms with Crippen molar-refractivity contribution in [2.24, 2.45) is 0 Å². The lowest BCUT2D eigenvalue weighted by Gasteiger charge is -2.21. The SMILES string of the molecule is CCN(CC)c1ccc(NC(=O)CSc2nnc(-c3ccccn3)n2Cc2ccco2)cc1. The molecule has 33 heavy (non-hydrogen) atoms. The minimum atomic E-state index is -0.109. The second-order valence-corrected chi connectivity index (χ2v) is 8.19. The van der Waals surface area contributed by atoms with E-state index in [1.54, 1.807) is 12.5 Å². The van der Waals surface area contributed by atoms with Crippen LogP contribution in [-0.4, -0.2) is 44.5 Å². The maximum Gasteiger partial charge on any atom is 0.234 e. The maximum absolute atomic E-state index is 12.6. The van der Waals surface area contributed by atoms with Gasteiger partial charge in [0.25, 0.3) is 0 Å². The summed E-state index contributed by atoms with van der Waals surface area (Å²) in [5, 5.41) is 12.2. The molecule has 170 valence electrons. The number of hydrogen-bond donors (Lipinski definition) is 1. The Bertz CT molecular complexity index is 1160. The van der Waals surface area contributed by atoms with Gasteiger partial charge in [0.1, 0.15) is 11.5 Å². The first-order chi connectivity index (χ1) is 16.2. The summed E-state index contributed by atoms with van der Waals surface area (Å²) in [4.78, 5) is 19.2. The van der Waals surface area contributed by atoms with Crippen LogP contribution < -0.4 is 10.2 Å². The molecule has 0 aliphatic carbocycles. The Morgan fingerprint density at radius 3 is 2.55 bits per heavy atom. The van der Waals surface area contributed by atoms with Crippen LogP contribution in [0.15, 0.2) is 76.6 Å². The minimum absolute atomic E-state index is 0.109. The number of anilines is 2. The smallest absolute Gasteiger partial charge is 0.234 e. The van der Waals surface area contributed by atoms with Crippen LogP contribution in [0, 0.1) is 0 Å². The summed E-state index contributed by atoms with van der Waals surface area (Å²) in [6.45, 7) is 6.58. The van der Waals surface area contributed by atoms with Crippen LogP contribution in [0.1, 0.15) is 19.6 Å². The summed E-state index contributed by atoms with van der Waals surface area (Å²) < 4.78 is 7.43. The molecule has 1 aromatic carbocycles. The largest absolute Gasteiger partial charge is 0.467 e. The van der Waals surface area contributed by atoms with Crippen molar-refractivity contribution in [2.75, 3.05) is 29.1 Å². The number of nitrogens with zero attached hydrogens (tertiary/aromatic N) is 5. The molecule has 0 aliphatic rings. The zero-order chi connectivity index (χ0) is 23.0. The summed E-state index contributed by atoms with van der Waals surface area (Å²) in [5.41, 5.74) is 2.62. The van der Waals surface area contributed by atoms with Gasteiger partial charge in [0, 0.05) is 30.7 Å². The Labute approximate surface area is 197 Å². The molecule has 4 aromatic rings. The average molecular weight is 463 g/mol. The Kier molecular flexibility index (Phi) is 7.41. The van der Waals surface area contributed by atoms with Crippen LogP contribution in [0.25, 0.3) is 11.5 Å². The van der Waals surface area contributed by atoms with Crippen LogP contribution in [0.4, 0.5) is 11.4 Å². The number of benzene rings is 1. The van der Waals surface area contributed by atoms with E-state index < -0.39 is 0 Å². The summed E-state index contributed by atoms with van der Waals surface area (Å²) in [6.07, 6.45) is 3.35. The average Bonchev–Trinajstić information content (AvgIpc) is 3.50. The predicted octanol–water partition coefficient (Wildman–Crippen LogP) is 4.56. The van der Waals surface area contributed by atoms with E-state index in [0.29, 0.717) is 23.2 Å². The van der Waals surface area contributed by atoms with Gasteiger partial charge in [-0.2, -0.15) is 0 Å². The van der Waals surface area contributed by atoms with Crippen molar-refractivity contribution in [3.63, 3.8) is 0 Å². The fraction of sp³-hybridized carbons (Fsp3) is 0.250. The molecule has 4 rings (SSSR count). The Morgan fingerprint density at radius 1 is 1.06 bits per heavy atom. The van der Waals surface area contributed by atoms with Crippen molar-refractivity contribution in [1.29, 1.82) is 0 Å². The topological polar surface area (TPSA) is 89.1 Å². The highest BCUT2D eigenvalue weighted by Gasteiger charge is 2.18. The number of carbonyl (C=O) groups is 1. The fourth-order valence-corrected chi connectivity index (χ4v) is 4.19. The molecule has 0 fully saturated rings. The second kappa shape index (κ2) is 10.8. The van der Waals surface area contributed by atoms with Crippen LogP contribution >= 0.6 is 11.8 Å². The van der Waals surface area contributed by atoms with E-state index >= 15 is 0 Å². The monoisotopic (exact) mass is 462 g/mol. The Hall–Kier alpha value is -3.59. The van der Waals surface area contributed by atoms with Gasteiger partial charge in [-0.25, -0.2) is 0 Å². The lowest BCUT2D eigenvalue weighted by molar-refractivity contribution is -0.113. The first kappa shape index (κ1) is 22.6. The number of nitrogens with one attached hydrogen (secondary N) is 1. The van der Waals surface area contributed by atoms with Crippen molar-refractivity contribution in [2.45, 2.75) is 25.5 Å². The van der Waals surface area contributed by atoms with Gasteiger partial charge in [-0.05, 0) is 62.4 Å². The van der Waals surface area contributed by atoms with Crippen molar-refractivity contribution in [3.8, 4) is 11.5 Å². The van der Waals surface area contributed by atoms with E-state index in [1.807, 2.05) is 59.2 Å². The third kappa shape index (κ3) is 5.61. The molecule has 9 heteroatoms. The Balaban J connectivity index is 1.44. The van der Waals surface area contributed by atoms with Gasteiger partial charge in [0.15, 0.2) is 11.0 Å². The number of thioether (sulfide) groups is 1. The lowest BCUT2D eigenvalue weighted by Crippen LogP contribution is -2.21. The third-order valence-electron chi connectivity index (χ3n) is 5.12. The van der Waals surface area contributed by atoms with Crippen molar-refractivity contribution < 1.29 is 9.21 Å². The normalized spacial score (nSPS) is 10.8. The van der Waals surface area contributed by atoms with Gasteiger partial charge in [-0.15, -0.1) is 10.2 Å². The van der Waals surface area contributed by atoms with Crippen molar-refractivity contribution in [1.82, 2.24) is 19.7 Å². The molecule has 1 N–H and O–H groups in total. The number of rotatable bonds is 10. The first-order valence-corrected chi connectivity index (χ1v) is 11.8. The molecular formula is C24H26N6O2S. The number of hydrogen-bond acceptors (Lipinski definition) is 7. The quantitative estimate of drug-likeness (QED) is 0.346. The van der Waals surface area contributed by atoms with E-state index in [4.69, 9.17) is 4.42 Å². The highest BCUT2D eigenvalue weighted by Crippen LogP contribution is 2.25. The maximum atomic E-state index is 12.6. The van der Waals surface area contributed by atoms with Crippen molar-refractivity contribution >= 4 is 29.0 Å². The fourth-order valence-electron chi connectivity index (χ4n) is 3.45. The second-order valence-electron chi connectivity index (χ2n) is 7.24. The number of amides is 1. The van der Waals surface area contributed by atoms with Crippen LogP contribution in [-0.2, 0) is 11.3 Å². The molecule has 3 aromatic heterocycles. The van der Waals surface area contributed by atoms with Gasteiger partial charge in [0.05, 0.1) is 18.6 Å². The Morgan fingerprint density at radius 2 is 1.88 bits per heavy atom. The van der Waals surface area contributed by atoms with Crippen LogP contribution in [0.5, 0.6) is 0 Å². The highest BCUT2D eigenvalue weighted by atomic mass is 32.2. The minimum Gasteiger partial charge on any atom is -0.467 e. The molecule has 0 unspecified atom stereocenters. The number of aromatic nitrogens is 4. The molecule has 3 heterocycles. The zero-order valence-corrected chi connectivity index (χ0v) is 19.5. The summed E-state index contributed by atoms with van der Waals surface area (Å²) in [6, 6.07) is 17.3. The van der Waals surface area contributed by atoms with Gasteiger partial charge >= 0.3 is 0 Å². The molecule has 1 amide bonds. The van der Waals surface area contributed by atoms with Gasteiger partial charge < -0.3 is 14.6 Å². The predicted molar refractivity (Wildman–Crippen MR) is 130 cm³/mol. The van der Waals surface area contributed by atoms with E-state index in [0.717, 1.165) is 30.2 Å². The van der Waals surface area contributed by atoms with Crippen molar-refractivity contribution in [3.05, 3.63) is 72.8 Å². The number of carbonyl (C=O) groups excluding carboxylic acids is 1. The molecule has 0 saturated carbocycles. The molecule has 0 radical (unpaired) electrons. The number of furan rings is 1. The van der Waals surface area contributed by atoms with Crippen LogP contribution in [0.2, 0.25) is 0 Å². The molecule has 0 spiro atoms. The summed E-state index contributed by atoms with van der Waals surface area (Å²) >= 11 is 1.33. The van der Waals surface area contributed by atoms with Gasteiger partial charge in [-0.1, -0.05) is 17.8 Å². The summed E-state index contributed by atoms with van der Waals surface area (Å²) in [5.74, 6) is 1.49. The first-order valence-electron chi connectivity index (χ1n) is 10.8. The van der Waals surface area contributed by atoms with E-state index in [1.165, 1.54) is 11.8 Å². The van der Waals surface area contributed by atoms with E-state index in [-0.39, 0.29) is 11.7 Å². The molecule has 0 bridgehead atoms. The van der Waals surface area contributed by atoms with E-state index in [9.17, 15) is 4.79 Å². The van der Waals surface area contributed by atoms with Crippen LogP contribution in [0.3, 0.4) is 0 Å². The molecule has 0 atom stereocenters.